The minimum Gasteiger partial charge on any atom is -0.340 e. The molecule has 1 saturated heterocycles. The number of aromatic amines is 1. The van der Waals surface area contributed by atoms with Crippen molar-refractivity contribution in [2.24, 2.45) is 0 Å². The number of nitrogens with one attached hydrogen (secondary N) is 2. The standard InChI is InChI=1S/C25H26N6O/c1-15-8-9-20-19(12-15)23(30-29-20)25(32)31-11-5-7-22(31)21-14-18(13-17(3)27-21)28-24-16(2)6-4-10-26-24/h4,6,8-10,12-14,22H,5,7,11H2,1-3H3,(H,29,30)(H,26,27,28). The number of pyridine rings is 2. The number of benzene rings is 1. The molecule has 1 unspecified atom stereocenters. The van der Waals surface area contributed by atoms with Gasteiger partial charge in [-0.1, -0.05) is 17.7 Å². The van der Waals surface area contributed by atoms with Gasteiger partial charge in [0.2, 0.25) is 0 Å². The molecule has 162 valence electrons. The van der Waals surface area contributed by atoms with Crippen molar-refractivity contribution < 1.29 is 4.79 Å². The third-order valence-corrected chi connectivity index (χ3v) is 6.02. The Kier molecular flexibility index (Phi) is 5.09. The van der Waals surface area contributed by atoms with E-state index in [4.69, 9.17) is 4.98 Å². The summed E-state index contributed by atoms with van der Waals surface area (Å²) in [6.45, 7) is 6.72. The van der Waals surface area contributed by atoms with E-state index in [0.717, 1.165) is 57.8 Å². The largest absolute Gasteiger partial charge is 0.340 e. The van der Waals surface area contributed by atoms with Crippen LogP contribution in [0, 0.1) is 20.8 Å². The molecule has 1 aliphatic rings. The number of hydrogen-bond acceptors (Lipinski definition) is 5. The van der Waals surface area contributed by atoms with Gasteiger partial charge in [-0.2, -0.15) is 5.10 Å². The van der Waals surface area contributed by atoms with Crippen LogP contribution in [0.1, 0.15) is 51.9 Å². The van der Waals surface area contributed by atoms with Crippen LogP contribution in [-0.4, -0.2) is 37.5 Å². The lowest BCUT2D eigenvalue weighted by atomic mass is 10.1. The van der Waals surface area contributed by atoms with Crippen molar-refractivity contribution in [3.63, 3.8) is 0 Å². The minimum atomic E-state index is -0.0793. The first kappa shape index (κ1) is 20.2. The van der Waals surface area contributed by atoms with Crippen LogP contribution >= 0.6 is 0 Å². The van der Waals surface area contributed by atoms with Gasteiger partial charge in [0.1, 0.15) is 5.82 Å². The van der Waals surface area contributed by atoms with E-state index in [1.54, 1.807) is 6.20 Å². The van der Waals surface area contributed by atoms with Crippen LogP contribution < -0.4 is 5.32 Å². The van der Waals surface area contributed by atoms with Crippen molar-refractivity contribution >= 4 is 28.3 Å². The Morgan fingerprint density at radius 2 is 2.03 bits per heavy atom. The summed E-state index contributed by atoms with van der Waals surface area (Å²) in [5, 5.41) is 11.6. The fourth-order valence-electron chi connectivity index (χ4n) is 4.43. The van der Waals surface area contributed by atoms with Gasteiger partial charge < -0.3 is 10.2 Å². The SMILES string of the molecule is Cc1ccc2[nH]nc(C(=O)N3CCCC3c3cc(Nc4ncccc4C)cc(C)n3)c2c1. The summed E-state index contributed by atoms with van der Waals surface area (Å²) in [5.74, 6) is 0.768. The Bertz CT molecular complexity index is 1310. The van der Waals surface area contributed by atoms with E-state index in [0.29, 0.717) is 12.2 Å². The highest BCUT2D eigenvalue weighted by atomic mass is 16.2. The zero-order valence-corrected chi connectivity index (χ0v) is 18.5. The van der Waals surface area contributed by atoms with Crippen molar-refractivity contribution in [3.05, 3.63) is 76.9 Å². The van der Waals surface area contributed by atoms with Crippen LogP contribution in [0.5, 0.6) is 0 Å². The number of aryl methyl sites for hydroxylation is 3. The molecular weight excluding hydrogens is 400 g/mol. The number of hydrogen-bond donors (Lipinski definition) is 2. The number of carbonyl (C=O) groups is 1. The average molecular weight is 427 g/mol. The van der Waals surface area contributed by atoms with Crippen LogP contribution in [0.25, 0.3) is 10.9 Å². The molecule has 1 aromatic carbocycles. The van der Waals surface area contributed by atoms with Gasteiger partial charge in [-0.15, -0.1) is 0 Å². The molecule has 4 heterocycles. The maximum Gasteiger partial charge on any atom is 0.275 e. The molecule has 3 aromatic heterocycles. The quantitative estimate of drug-likeness (QED) is 0.480. The first-order chi connectivity index (χ1) is 15.5. The van der Waals surface area contributed by atoms with Crippen LogP contribution in [-0.2, 0) is 0 Å². The first-order valence-corrected chi connectivity index (χ1v) is 10.9. The Balaban J connectivity index is 1.46. The topological polar surface area (TPSA) is 86.8 Å². The summed E-state index contributed by atoms with van der Waals surface area (Å²) in [5.41, 5.74) is 6.25. The number of anilines is 2. The maximum absolute atomic E-state index is 13.5. The van der Waals surface area contributed by atoms with E-state index in [1.165, 1.54) is 0 Å². The van der Waals surface area contributed by atoms with Crippen molar-refractivity contribution in [1.82, 2.24) is 25.1 Å². The van der Waals surface area contributed by atoms with Gasteiger partial charge in [0, 0.05) is 29.5 Å². The van der Waals surface area contributed by atoms with E-state index >= 15 is 0 Å². The molecule has 4 aromatic rings. The van der Waals surface area contributed by atoms with Gasteiger partial charge in [0.15, 0.2) is 5.69 Å². The monoisotopic (exact) mass is 426 g/mol. The second-order valence-corrected chi connectivity index (χ2v) is 8.49. The number of rotatable bonds is 4. The van der Waals surface area contributed by atoms with Crippen LogP contribution in [0.4, 0.5) is 11.5 Å². The molecule has 1 amide bonds. The van der Waals surface area contributed by atoms with Gasteiger partial charge in [-0.3, -0.25) is 14.9 Å². The zero-order chi connectivity index (χ0) is 22.2. The van der Waals surface area contributed by atoms with Crippen LogP contribution in [0.15, 0.2) is 48.7 Å². The number of carbonyl (C=O) groups excluding carboxylic acids is 1. The number of H-pyrrole nitrogens is 1. The number of aromatic nitrogens is 4. The first-order valence-electron chi connectivity index (χ1n) is 10.9. The molecule has 0 aliphatic carbocycles. The molecule has 1 atom stereocenters. The Morgan fingerprint density at radius 1 is 1.16 bits per heavy atom. The second-order valence-electron chi connectivity index (χ2n) is 8.49. The highest BCUT2D eigenvalue weighted by Gasteiger charge is 2.33. The highest BCUT2D eigenvalue weighted by molar-refractivity contribution is 6.05. The Morgan fingerprint density at radius 3 is 2.88 bits per heavy atom. The zero-order valence-electron chi connectivity index (χ0n) is 18.5. The van der Waals surface area contributed by atoms with Crippen molar-refractivity contribution in [2.75, 3.05) is 11.9 Å². The lowest BCUT2D eigenvalue weighted by Gasteiger charge is -2.24. The van der Waals surface area contributed by atoms with Gasteiger partial charge >= 0.3 is 0 Å². The molecule has 7 nitrogen and oxygen atoms in total. The third kappa shape index (κ3) is 3.70. The van der Waals surface area contributed by atoms with Crippen LogP contribution in [0.3, 0.4) is 0 Å². The van der Waals surface area contributed by atoms with E-state index in [1.807, 2.05) is 68.1 Å². The molecule has 1 aliphatic heterocycles. The van der Waals surface area contributed by atoms with Gasteiger partial charge in [-0.25, -0.2) is 4.98 Å². The molecule has 2 N–H and O–H groups in total. The number of amides is 1. The van der Waals surface area contributed by atoms with E-state index in [9.17, 15) is 4.79 Å². The van der Waals surface area contributed by atoms with Gasteiger partial charge in [0.25, 0.3) is 5.91 Å². The molecule has 1 fully saturated rings. The van der Waals surface area contributed by atoms with E-state index in [2.05, 4.69) is 20.5 Å². The van der Waals surface area contributed by atoms with Crippen molar-refractivity contribution in [2.45, 2.75) is 39.7 Å². The molecule has 0 bridgehead atoms. The highest BCUT2D eigenvalue weighted by Crippen LogP contribution is 2.34. The lowest BCUT2D eigenvalue weighted by molar-refractivity contribution is 0.0728. The predicted octanol–water partition coefficient (Wildman–Crippen LogP) is 5.00. The number of likely N-dealkylation sites (tertiary alicyclic amines) is 1. The smallest absolute Gasteiger partial charge is 0.275 e. The second kappa shape index (κ2) is 8.07. The maximum atomic E-state index is 13.5. The number of nitrogens with zero attached hydrogens (tertiary/aromatic N) is 4. The fraction of sp³-hybridized carbons (Fsp3) is 0.280. The lowest BCUT2D eigenvalue weighted by Crippen LogP contribution is -2.31. The molecule has 7 heteroatoms. The van der Waals surface area contributed by atoms with E-state index in [-0.39, 0.29) is 11.9 Å². The van der Waals surface area contributed by atoms with Crippen molar-refractivity contribution in [3.8, 4) is 0 Å². The summed E-state index contributed by atoms with van der Waals surface area (Å²) in [6, 6.07) is 13.9. The summed E-state index contributed by atoms with van der Waals surface area (Å²) in [7, 11) is 0. The molecule has 0 radical (unpaired) electrons. The summed E-state index contributed by atoms with van der Waals surface area (Å²) < 4.78 is 0. The fourth-order valence-corrected chi connectivity index (χ4v) is 4.43. The summed E-state index contributed by atoms with van der Waals surface area (Å²) >= 11 is 0. The minimum absolute atomic E-state index is 0.0530. The molecule has 5 rings (SSSR count). The van der Waals surface area contributed by atoms with Crippen LogP contribution in [0.2, 0.25) is 0 Å². The third-order valence-electron chi connectivity index (χ3n) is 6.02. The summed E-state index contributed by atoms with van der Waals surface area (Å²) in [6.07, 6.45) is 3.60. The Hall–Kier alpha value is -3.74. The van der Waals surface area contributed by atoms with Crippen molar-refractivity contribution in [1.29, 1.82) is 0 Å². The van der Waals surface area contributed by atoms with Gasteiger partial charge in [-0.05, 0) is 69.5 Å². The Labute approximate surface area is 186 Å². The molecule has 0 spiro atoms. The average Bonchev–Trinajstić information content (AvgIpc) is 3.42. The number of fused-ring (bicyclic) bond motifs is 1. The summed E-state index contributed by atoms with van der Waals surface area (Å²) in [4.78, 5) is 24.6. The predicted molar refractivity (Wildman–Crippen MR) is 125 cm³/mol. The molecule has 32 heavy (non-hydrogen) atoms. The molecule has 0 saturated carbocycles. The molecular formula is C25H26N6O. The normalized spacial score (nSPS) is 16.0. The van der Waals surface area contributed by atoms with Gasteiger partial charge in [0.05, 0.1) is 17.3 Å². The van der Waals surface area contributed by atoms with E-state index < -0.39 is 0 Å².